The Balaban J connectivity index is 1.96. The van der Waals surface area contributed by atoms with Gasteiger partial charge in [-0.15, -0.1) is 11.3 Å². The quantitative estimate of drug-likeness (QED) is 0.644. The van der Waals surface area contributed by atoms with Crippen LogP contribution in [0.5, 0.6) is 0 Å². The molecule has 0 radical (unpaired) electrons. The summed E-state index contributed by atoms with van der Waals surface area (Å²) in [5, 5.41) is 2.35. The number of rotatable bonds is 1. The highest BCUT2D eigenvalue weighted by atomic mass is 35.5. The standard InChI is InChI=1S/C15H10ClN3OS/c1-18-11-5-3-2-4-9(11)10(14(18)20)8-12-13(16)17-15-19(12)6-7-21-15/h2-8H,1H3/b10-8-. The first kappa shape index (κ1) is 12.6. The van der Waals surface area contributed by atoms with Crippen molar-refractivity contribution in [2.75, 3.05) is 11.9 Å². The first-order valence-corrected chi connectivity index (χ1v) is 7.63. The van der Waals surface area contributed by atoms with Gasteiger partial charge in [0, 0.05) is 24.2 Å². The molecular formula is C15H10ClN3OS. The van der Waals surface area contributed by atoms with Crippen LogP contribution in [0.1, 0.15) is 11.3 Å². The van der Waals surface area contributed by atoms with E-state index < -0.39 is 0 Å². The molecule has 3 aromatic rings. The van der Waals surface area contributed by atoms with Gasteiger partial charge in [-0.2, -0.15) is 0 Å². The van der Waals surface area contributed by atoms with Crippen molar-refractivity contribution < 1.29 is 4.79 Å². The number of anilines is 1. The molecule has 1 amide bonds. The molecule has 1 aromatic carbocycles. The Bertz CT molecular complexity index is 909. The molecule has 1 aliphatic heterocycles. The number of para-hydroxylation sites is 1. The van der Waals surface area contributed by atoms with Crippen LogP contribution in [0.15, 0.2) is 35.8 Å². The normalized spacial score (nSPS) is 16.2. The third-order valence-electron chi connectivity index (χ3n) is 3.63. The Hall–Kier alpha value is -2.11. The number of imidazole rings is 1. The van der Waals surface area contributed by atoms with Gasteiger partial charge in [-0.25, -0.2) is 4.98 Å². The summed E-state index contributed by atoms with van der Waals surface area (Å²) < 4.78 is 1.90. The zero-order chi connectivity index (χ0) is 14.6. The number of amides is 1. The van der Waals surface area contributed by atoms with Crippen LogP contribution in [0.3, 0.4) is 0 Å². The van der Waals surface area contributed by atoms with Crippen LogP contribution in [0.4, 0.5) is 5.69 Å². The molecule has 1 aliphatic rings. The van der Waals surface area contributed by atoms with E-state index in [1.54, 1.807) is 11.9 Å². The molecule has 3 heterocycles. The Morgan fingerprint density at radius 3 is 3.00 bits per heavy atom. The van der Waals surface area contributed by atoms with Gasteiger partial charge in [0.1, 0.15) is 0 Å². The molecule has 4 rings (SSSR count). The van der Waals surface area contributed by atoms with Gasteiger partial charge in [0.15, 0.2) is 10.1 Å². The molecule has 104 valence electrons. The van der Waals surface area contributed by atoms with Crippen LogP contribution >= 0.6 is 22.9 Å². The predicted molar refractivity (Wildman–Crippen MR) is 85.8 cm³/mol. The second-order valence-corrected chi connectivity index (χ2v) is 6.01. The minimum Gasteiger partial charge on any atom is -0.311 e. The zero-order valence-corrected chi connectivity index (χ0v) is 12.6. The zero-order valence-electron chi connectivity index (χ0n) is 11.1. The molecule has 0 bridgehead atoms. The first-order valence-electron chi connectivity index (χ1n) is 6.37. The summed E-state index contributed by atoms with van der Waals surface area (Å²) in [6.07, 6.45) is 3.72. The monoisotopic (exact) mass is 315 g/mol. The lowest BCUT2D eigenvalue weighted by molar-refractivity contribution is -0.112. The van der Waals surface area contributed by atoms with Crippen LogP contribution in [0.25, 0.3) is 16.6 Å². The average molecular weight is 316 g/mol. The van der Waals surface area contributed by atoms with E-state index in [1.807, 2.05) is 46.3 Å². The second kappa shape index (κ2) is 4.44. The van der Waals surface area contributed by atoms with E-state index in [0.29, 0.717) is 10.7 Å². The summed E-state index contributed by atoms with van der Waals surface area (Å²) in [5.41, 5.74) is 3.21. The topological polar surface area (TPSA) is 37.6 Å². The molecule has 0 unspecified atom stereocenters. The number of benzene rings is 1. The highest BCUT2D eigenvalue weighted by Crippen LogP contribution is 2.37. The maximum Gasteiger partial charge on any atom is 0.258 e. The SMILES string of the molecule is CN1C(=O)/C(=C\c2c(Cl)nc3sccn23)c2ccccc21. The number of carbonyl (C=O) groups is 1. The summed E-state index contributed by atoms with van der Waals surface area (Å²) in [5.74, 6) is -0.0301. The smallest absolute Gasteiger partial charge is 0.258 e. The largest absolute Gasteiger partial charge is 0.311 e. The van der Waals surface area contributed by atoms with Gasteiger partial charge in [0.25, 0.3) is 5.91 Å². The van der Waals surface area contributed by atoms with Gasteiger partial charge >= 0.3 is 0 Å². The van der Waals surface area contributed by atoms with Crippen molar-refractivity contribution in [2.45, 2.75) is 0 Å². The van der Waals surface area contributed by atoms with Crippen LogP contribution < -0.4 is 4.90 Å². The van der Waals surface area contributed by atoms with Gasteiger partial charge in [0.05, 0.1) is 17.0 Å². The second-order valence-electron chi connectivity index (χ2n) is 4.78. The molecule has 2 aromatic heterocycles. The first-order chi connectivity index (χ1) is 10.2. The number of carbonyl (C=O) groups excluding carboxylic acids is 1. The number of hydrogen-bond acceptors (Lipinski definition) is 3. The van der Waals surface area contributed by atoms with Crippen molar-refractivity contribution >= 4 is 51.1 Å². The number of hydrogen-bond donors (Lipinski definition) is 0. The Morgan fingerprint density at radius 1 is 1.33 bits per heavy atom. The third kappa shape index (κ3) is 1.74. The molecule has 0 aliphatic carbocycles. The average Bonchev–Trinajstić information content (AvgIpc) is 3.11. The maximum atomic E-state index is 12.5. The van der Waals surface area contributed by atoms with E-state index in [1.165, 1.54) is 11.3 Å². The lowest BCUT2D eigenvalue weighted by Gasteiger charge is -2.07. The fourth-order valence-corrected chi connectivity index (χ4v) is 3.58. The number of fused-ring (bicyclic) bond motifs is 2. The summed E-state index contributed by atoms with van der Waals surface area (Å²) >= 11 is 7.71. The van der Waals surface area contributed by atoms with E-state index >= 15 is 0 Å². The summed E-state index contributed by atoms with van der Waals surface area (Å²) in [7, 11) is 1.78. The number of thiazole rings is 1. The van der Waals surface area contributed by atoms with Crippen LogP contribution in [0, 0.1) is 0 Å². The number of likely N-dealkylation sites (N-methyl/N-ethyl adjacent to an activating group) is 1. The molecule has 4 nitrogen and oxygen atoms in total. The summed E-state index contributed by atoms with van der Waals surface area (Å²) in [6, 6.07) is 7.74. The minimum absolute atomic E-state index is 0.0301. The predicted octanol–water partition coefficient (Wildman–Crippen LogP) is 3.57. The van der Waals surface area contributed by atoms with E-state index in [4.69, 9.17) is 11.6 Å². The van der Waals surface area contributed by atoms with Crippen molar-refractivity contribution in [2.24, 2.45) is 0 Å². The van der Waals surface area contributed by atoms with Crippen molar-refractivity contribution in [3.63, 3.8) is 0 Å². The number of nitrogens with zero attached hydrogens (tertiary/aromatic N) is 3. The lowest BCUT2D eigenvalue weighted by Crippen LogP contribution is -2.20. The fourth-order valence-electron chi connectivity index (χ4n) is 2.58. The van der Waals surface area contributed by atoms with E-state index in [-0.39, 0.29) is 5.91 Å². The Morgan fingerprint density at radius 2 is 2.14 bits per heavy atom. The Labute approximate surface area is 129 Å². The minimum atomic E-state index is -0.0301. The number of aromatic nitrogens is 2. The third-order valence-corrected chi connectivity index (χ3v) is 4.66. The van der Waals surface area contributed by atoms with Crippen molar-refractivity contribution in [3.8, 4) is 0 Å². The van der Waals surface area contributed by atoms with Gasteiger partial charge in [-0.1, -0.05) is 29.8 Å². The molecule has 0 N–H and O–H groups in total. The highest BCUT2D eigenvalue weighted by Gasteiger charge is 2.29. The van der Waals surface area contributed by atoms with E-state index in [2.05, 4.69) is 4.98 Å². The molecule has 0 spiro atoms. The van der Waals surface area contributed by atoms with Crippen molar-refractivity contribution in [1.29, 1.82) is 0 Å². The molecular weight excluding hydrogens is 306 g/mol. The molecule has 0 atom stereocenters. The number of halogens is 1. The van der Waals surface area contributed by atoms with Crippen LogP contribution in [-0.2, 0) is 4.79 Å². The van der Waals surface area contributed by atoms with Gasteiger partial charge in [0.2, 0.25) is 0 Å². The summed E-state index contributed by atoms with van der Waals surface area (Å²) in [4.78, 5) is 19.2. The lowest BCUT2D eigenvalue weighted by atomic mass is 10.1. The van der Waals surface area contributed by atoms with E-state index in [9.17, 15) is 4.79 Å². The maximum absolute atomic E-state index is 12.5. The van der Waals surface area contributed by atoms with Gasteiger partial charge in [-0.3, -0.25) is 9.20 Å². The molecule has 0 fully saturated rings. The highest BCUT2D eigenvalue weighted by molar-refractivity contribution is 7.15. The molecule has 0 saturated heterocycles. The van der Waals surface area contributed by atoms with Crippen molar-refractivity contribution in [3.05, 3.63) is 52.3 Å². The van der Waals surface area contributed by atoms with Crippen LogP contribution in [-0.4, -0.2) is 22.3 Å². The van der Waals surface area contributed by atoms with Crippen molar-refractivity contribution in [1.82, 2.24) is 9.38 Å². The summed E-state index contributed by atoms with van der Waals surface area (Å²) in [6.45, 7) is 0. The molecule has 0 saturated carbocycles. The molecule has 21 heavy (non-hydrogen) atoms. The van der Waals surface area contributed by atoms with Crippen LogP contribution in [0.2, 0.25) is 5.15 Å². The van der Waals surface area contributed by atoms with Gasteiger partial charge in [-0.05, 0) is 12.1 Å². The van der Waals surface area contributed by atoms with Gasteiger partial charge < -0.3 is 4.90 Å². The van der Waals surface area contributed by atoms with E-state index in [0.717, 1.165) is 21.9 Å². The fraction of sp³-hybridized carbons (Fsp3) is 0.0667. The Kier molecular flexibility index (Phi) is 2.67. The molecule has 6 heteroatoms.